The molecule has 0 saturated heterocycles. The largest absolute Gasteiger partial charge is 0.494 e. The molecule has 2 aromatic rings. The van der Waals surface area contributed by atoms with Crippen LogP contribution in [0.15, 0.2) is 41.3 Å². The molecule has 0 unspecified atom stereocenters. The van der Waals surface area contributed by atoms with E-state index in [1.54, 1.807) is 50.5 Å². The number of hydrogen-bond donors (Lipinski definition) is 1. The molecule has 0 spiro atoms. The molecule has 0 aliphatic heterocycles. The van der Waals surface area contributed by atoms with Crippen LogP contribution < -0.4 is 20.3 Å². The fourth-order valence-corrected chi connectivity index (χ4v) is 1.99. The summed E-state index contributed by atoms with van der Waals surface area (Å²) >= 11 is 0. The van der Waals surface area contributed by atoms with E-state index in [0.717, 1.165) is 5.75 Å². The van der Waals surface area contributed by atoms with E-state index >= 15 is 0 Å². The molecule has 0 atom stereocenters. The number of nitrogens with zero attached hydrogens (tertiary/aromatic N) is 1. The smallest absolute Gasteiger partial charge is 0.274 e. The van der Waals surface area contributed by atoms with Crippen LogP contribution in [0.3, 0.4) is 0 Å². The van der Waals surface area contributed by atoms with Gasteiger partial charge in [-0.1, -0.05) is 0 Å². The SMILES string of the molecule is CCOc1ccc(OCC(=O)Nc2c(C)ccn(C)c2=O)cc1. The molecule has 0 aliphatic carbocycles. The first-order valence-corrected chi connectivity index (χ1v) is 7.33. The quantitative estimate of drug-likeness (QED) is 0.886. The van der Waals surface area contributed by atoms with E-state index < -0.39 is 0 Å². The van der Waals surface area contributed by atoms with Gasteiger partial charge in [-0.3, -0.25) is 9.59 Å². The van der Waals surface area contributed by atoms with Crippen molar-refractivity contribution in [3.63, 3.8) is 0 Å². The topological polar surface area (TPSA) is 69.6 Å². The summed E-state index contributed by atoms with van der Waals surface area (Å²) in [6.45, 7) is 4.09. The summed E-state index contributed by atoms with van der Waals surface area (Å²) in [5.74, 6) is 0.916. The number of benzene rings is 1. The van der Waals surface area contributed by atoms with Gasteiger partial charge >= 0.3 is 0 Å². The highest BCUT2D eigenvalue weighted by molar-refractivity contribution is 5.92. The Morgan fingerprint density at radius 1 is 1.13 bits per heavy atom. The maximum absolute atomic E-state index is 12.0. The van der Waals surface area contributed by atoms with Gasteiger partial charge in [0.15, 0.2) is 6.61 Å². The number of aryl methyl sites for hydroxylation is 2. The van der Waals surface area contributed by atoms with Crippen molar-refractivity contribution in [2.24, 2.45) is 7.05 Å². The summed E-state index contributed by atoms with van der Waals surface area (Å²) in [6, 6.07) is 8.77. The highest BCUT2D eigenvalue weighted by Gasteiger charge is 2.10. The van der Waals surface area contributed by atoms with Crippen LogP contribution in [0.2, 0.25) is 0 Å². The van der Waals surface area contributed by atoms with Crippen molar-refractivity contribution in [1.82, 2.24) is 4.57 Å². The zero-order valence-corrected chi connectivity index (χ0v) is 13.5. The second kappa shape index (κ2) is 7.49. The Balaban J connectivity index is 1.95. The Labute approximate surface area is 134 Å². The highest BCUT2D eigenvalue weighted by Crippen LogP contribution is 2.17. The number of nitrogens with one attached hydrogen (secondary N) is 1. The summed E-state index contributed by atoms with van der Waals surface area (Å²) in [5.41, 5.74) is 0.734. The lowest BCUT2D eigenvalue weighted by Crippen LogP contribution is -2.28. The van der Waals surface area contributed by atoms with Gasteiger partial charge < -0.3 is 19.4 Å². The molecule has 0 aliphatic rings. The van der Waals surface area contributed by atoms with Crippen molar-refractivity contribution in [2.75, 3.05) is 18.5 Å². The van der Waals surface area contributed by atoms with Crippen LogP contribution in [0.5, 0.6) is 11.5 Å². The number of anilines is 1. The van der Waals surface area contributed by atoms with Gasteiger partial charge in [-0.25, -0.2) is 0 Å². The van der Waals surface area contributed by atoms with Crippen molar-refractivity contribution < 1.29 is 14.3 Å². The summed E-state index contributed by atoms with van der Waals surface area (Å²) in [6.07, 6.45) is 1.66. The molecule has 1 amide bonds. The second-order valence-corrected chi connectivity index (χ2v) is 5.03. The van der Waals surface area contributed by atoms with E-state index in [-0.39, 0.29) is 23.8 Å². The van der Waals surface area contributed by atoms with Crippen molar-refractivity contribution in [3.05, 3.63) is 52.4 Å². The second-order valence-electron chi connectivity index (χ2n) is 5.03. The fourth-order valence-electron chi connectivity index (χ4n) is 1.99. The number of pyridine rings is 1. The molecule has 0 saturated carbocycles. The maximum atomic E-state index is 12.0. The molecule has 2 rings (SSSR count). The number of ether oxygens (including phenoxy) is 2. The number of carbonyl (C=O) groups is 1. The van der Waals surface area contributed by atoms with Crippen LogP contribution in [0.4, 0.5) is 5.69 Å². The molecule has 0 fully saturated rings. The van der Waals surface area contributed by atoms with E-state index in [2.05, 4.69) is 5.32 Å². The fraction of sp³-hybridized carbons (Fsp3) is 0.294. The standard InChI is InChI=1S/C17H20N2O4/c1-4-22-13-5-7-14(8-6-13)23-11-15(20)18-16-12(2)9-10-19(3)17(16)21/h5-10H,4,11H2,1-3H3,(H,18,20). The molecule has 0 radical (unpaired) electrons. The van der Waals surface area contributed by atoms with Crippen LogP contribution in [0, 0.1) is 6.92 Å². The highest BCUT2D eigenvalue weighted by atomic mass is 16.5. The van der Waals surface area contributed by atoms with E-state index in [0.29, 0.717) is 17.9 Å². The minimum absolute atomic E-state index is 0.175. The van der Waals surface area contributed by atoms with Crippen molar-refractivity contribution >= 4 is 11.6 Å². The molecule has 0 bridgehead atoms. The number of carbonyl (C=O) groups excluding carboxylic acids is 1. The Bertz CT molecular complexity index is 735. The molecule has 122 valence electrons. The van der Waals surface area contributed by atoms with Gasteiger partial charge in [-0.05, 0) is 49.7 Å². The maximum Gasteiger partial charge on any atom is 0.274 e. The van der Waals surface area contributed by atoms with Gasteiger partial charge in [0.2, 0.25) is 0 Å². The lowest BCUT2D eigenvalue weighted by atomic mass is 10.2. The molecular weight excluding hydrogens is 296 g/mol. The molecule has 23 heavy (non-hydrogen) atoms. The Kier molecular flexibility index (Phi) is 5.41. The van der Waals surface area contributed by atoms with Gasteiger partial charge in [0, 0.05) is 13.2 Å². The number of amides is 1. The lowest BCUT2D eigenvalue weighted by Gasteiger charge is -2.10. The van der Waals surface area contributed by atoms with Gasteiger partial charge in [-0.15, -0.1) is 0 Å². The predicted octanol–water partition coefficient (Wildman–Crippen LogP) is 2.11. The average Bonchev–Trinajstić information content (AvgIpc) is 2.55. The zero-order valence-electron chi connectivity index (χ0n) is 13.5. The average molecular weight is 316 g/mol. The first kappa shape index (κ1) is 16.6. The monoisotopic (exact) mass is 316 g/mol. The lowest BCUT2D eigenvalue weighted by molar-refractivity contribution is -0.118. The Morgan fingerprint density at radius 2 is 1.74 bits per heavy atom. The Hall–Kier alpha value is -2.76. The van der Waals surface area contributed by atoms with Gasteiger partial charge in [0.1, 0.15) is 17.2 Å². The van der Waals surface area contributed by atoms with Crippen molar-refractivity contribution in [3.8, 4) is 11.5 Å². The Morgan fingerprint density at radius 3 is 2.35 bits per heavy atom. The van der Waals surface area contributed by atoms with Crippen LogP contribution in [-0.2, 0) is 11.8 Å². The van der Waals surface area contributed by atoms with Crippen LogP contribution in [-0.4, -0.2) is 23.7 Å². The molecule has 1 aromatic carbocycles. The summed E-state index contributed by atoms with van der Waals surface area (Å²) in [5, 5.41) is 2.60. The summed E-state index contributed by atoms with van der Waals surface area (Å²) < 4.78 is 12.2. The van der Waals surface area contributed by atoms with E-state index in [9.17, 15) is 9.59 Å². The van der Waals surface area contributed by atoms with Crippen molar-refractivity contribution in [2.45, 2.75) is 13.8 Å². The third kappa shape index (κ3) is 4.35. The number of aromatic nitrogens is 1. The molecule has 1 aromatic heterocycles. The van der Waals surface area contributed by atoms with Gasteiger partial charge in [0.25, 0.3) is 11.5 Å². The van der Waals surface area contributed by atoms with Crippen LogP contribution >= 0.6 is 0 Å². The molecule has 1 heterocycles. The van der Waals surface area contributed by atoms with Gasteiger partial charge in [-0.2, -0.15) is 0 Å². The van der Waals surface area contributed by atoms with E-state index in [1.807, 2.05) is 6.92 Å². The minimum atomic E-state index is -0.384. The molecular formula is C17H20N2O4. The van der Waals surface area contributed by atoms with Crippen molar-refractivity contribution in [1.29, 1.82) is 0 Å². The zero-order chi connectivity index (χ0) is 16.8. The first-order valence-electron chi connectivity index (χ1n) is 7.33. The third-order valence-corrected chi connectivity index (χ3v) is 3.25. The molecule has 6 heteroatoms. The summed E-state index contributed by atoms with van der Waals surface area (Å²) in [7, 11) is 1.63. The molecule has 6 nitrogen and oxygen atoms in total. The normalized spacial score (nSPS) is 10.2. The van der Waals surface area contributed by atoms with Crippen LogP contribution in [0.25, 0.3) is 0 Å². The van der Waals surface area contributed by atoms with Gasteiger partial charge in [0.05, 0.1) is 6.61 Å². The third-order valence-electron chi connectivity index (χ3n) is 3.25. The predicted molar refractivity (Wildman–Crippen MR) is 88.2 cm³/mol. The van der Waals surface area contributed by atoms with Crippen LogP contribution in [0.1, 0.15) is 12.5 Å². The minimum Gasteiger partial charge on any atom is -0.494 e. The number of hydrogen-bond acceptors (Lipinski definition) is 4. The summed E-state index contributed by atoms with van der Waals surface area (Å²) in [4.78, 5) is 24.0. The number of rotatable bonds is 6. The first-order chi connectivity index (χ1) is 11.0. The molecule has 1 N–H and O–H groups in total. The van der Waals surface area contributed by atoms with E-state index in [4.69, 9.17) is 9.47 Å². The van der Waals surface area contributed by atoms with E-state index in [1.165, 1.54) is 4.57 Å².